The molecule has 0 aliphatic heterocycles. The van der Waals surface area contributed by atoms with Crippen molar-refractivity contribution >= 4 is 21.4 Å². The molecule has 1 aliphatic carbocycles. The van der Waals surface area contributed by atoms with Crippen LogP contribution in [0.4, 0.5) is 0 Å². The number of rotatable bonds is 5. The van der Waals surface area contributed by atoms with E-state index in [2.05, 4.69) is 19.1 Å². The van der Waals surface area contributed by atoms with E-state index in [1.54, 1.807) is 24.3 Å². The molecule has 2 aromatic carbocycles. The Morgan fingerprint density at radius 1 is 1.04 bits per heavy atom. The Bertz CT molecular complexity index is 785. The Balaban J connectivity index is 1.90. The summed E-state index contributed by atoms with van der Waals surface area (Å²) in [5.41, 5.74) is 8.12. The third-order valence-electron chi connectivity index (χ3n) is 4.64. The lowest BCUT2D eigenvalue weighted by Gasteiger charge is -2.05. The van der Waals surface area contributed by atoms with Gasteiger partial charge in [-0.3, -0.25) is 0 Å². The minimum atomic E-state index is -3.40. The monoisotopic (exact) mass is 349 g/mol. The van der Waals surface area contributed by atoms with Crippen LogP contribution in [0.3, 0.4) is 0 Å². The summed E-state index contributed by atoms with van der Waals surface area (Å²) in [5.74, 6) is -0.0465. The molecule has 2 aromatic rings. The van der Waals surface area contributed by atoms with Gasteiger partial charge < -0.3 is 5.73 Å². The van der Waals surface area contributed by atoms with Gasteiger partial charge in [0.15, 0.2) is 9.84 Å². The minimum absolute atomic E-state index is 0.0217. The van der Waals surface area contributed by atoms with Crippen molar-refractivity contribution in [3.8, 4) is 0 Å². The summed E-state index contributed by atoms with van der Waals surface area (Å²) in [6.07, 6.45) is 0.970. The van der Waals surface area contributed by atoms with Crippen LogP contribution in [0.15, 0.2) is 53.4 Å². The topological polar surface area (TPSA) is 60.2 Å². The molecule has 3 atom stereocenters. The van der Waals surface area contributed by atoms with Crippen molar-refractivity contribution in [3.05, 3.63) is 64.7 Å². The number of aryl methyl sites for hydroxylation is 1. The highest BCUT2D eigenvalue weighted by Crippen LogP contribution is 2.53. The lowest BCUT2D eigenvalue weighted by molar-refractivity contribution is 0.591. The van der Waals surface area contributed by atoms with Crippen LogP contribution in [0.5, 0.6) is 0 Å². The summed E-state index contributed by atoms with van der Waals surface area (Å²) < 4.78 is 25.8. The third kappa shape index (κ3) is 3.03. The first kappa shape index (κ1) is 16.5. The van der Waals surface area contributed by atoms with Gasteiger partial charge in [-0.05, 0) is 54.3 Å². The number of halogens is 1. The molecular weight excluding hydrogens is 330 g/mol. The molecule has 0 spiro atoms. The molecule has 5 heteroatoms. The van der Waals surface area contributed by atoms with E-state index < -0.39 is 15.1 Å². The van der Waals surface area contributed by atoms with E-state index in [1.165, 1.54) is 5.56 Å². The van der Waals surface area contributed by atoms with Crippen molar-refractivity contribution in [2.24, 2.45) is 11.7 Å². The van der Waals surface area contributed by atoms with Gasteiger partial charge in [0.1, 0.15) is 0 Å². The van der Waals surface area contributed by atoms with Gasteiger partial charge in [-0.25, -0.2) is 8.42 Å². The quantitative estimate of drug-likeness (QED) is 0.899. The fraction of sp³-hybridized carbons (Fsp3) is 0.333. The summed E-state index contributed by atoms with van der Waals surface area (Å²) in [6.45, 7) is 2.47. The number of sulfone groups is 1. The first-order valence-electron chi connectivity index (χ1n) is 7.77. The SMILES string of the molecule is CCc1ccc([C@@H]2[C@@H](CN)[C@@H]2S(=O)(=O)c2ccc(Cl)cc2)cc1. The van der Waals surface area contributed by atoms with Crippen molar-refractivity contribution in [2.45, 2.75) is 29.4 Å². The fourth-order valence-electron chi connectivity index (χ4n) is 3.24. The van der Waals surface area contributed by atoms with Crippen molar-refractivity contribution in [2.75, 3.05) is 6.54 Å². The maximum Gasteiger partial charge on any atom is 0.182 e. The van der Waals surface area contributed by atoms with Crippen molar-refractivity contribution < 1.29 is 8.42 Å². The smallest absolute Gasteiger partial charge is 0.182 e. The lowest BCUT2D eigenvalue weighted by atomic mass is 10.1. The molecule has 3 rings (SSSR count). The molecule has 1 saturated carbocycles. The van der Waals surface area contributed by atoms with Gasteiger partial charge in [0.25, 0.3) is 0 Å². The Morgan fingerprint density at radius 3 is 2.17 bits per heavy atom. The maximum absolute atomic E-state index is 12.9. The molecule has 0 saturated heterocycles. The molecule has 0 aromatic heterocycles. The van der Waals surface area contributed by atoms with Gasteiger partial charge >= 0.3 is 0 Å². The molecular formula is C18H20ClNO2S. The minimum Gasteiger partial charge on any atom is -0.330 e. The largest absolute Gasteiger partial charge is 0.330 e. The van der Waals surface area contributed by atoms with Crippen LogP contribution in [0.2, 0.25) is 5.02 Å². The van der Waals surface area contributed by atoms with Gasteiger partial charge in [-0.1, -0.05) is 42.8 Å². The highest BCUT2D eigenvalue weighted by atomic mass is 35.5. The van der Waals surface area contributed by atoms with E-state index in [-0.39, 0.29) is 11.8 Å². The average molecular weight is 350 g/mol. The molecule has 2 N–H and O–H groups in total. The van der Waals surface area contributed by atoms with E-state index in [1.807, 2.05) is 12.1 Å². The van der Waals surface area contributed by atoms with E-state index in [0.29, 0.717) is 16.5 Å². The van der Waals surface area contributed by atoms with Gasteiger partial charge in [0.2, 0.25) is 0 Å². The van der Waals surface area contributed by atoms with Gasteiger partial charge in [-0.2, -0.15) is 0 Å². The first-order valence-corrected chi connectivity index (χ1v) is 9.69. The van der Waals surface area contributed by atoms with Crippen molar-refractivity contribution in [3.63, 3.8) is 0 Å². The number of nitrogens with two attached hydrogens (primary N) is 1. The Hall–Kier alpha value is -1.36. The predicted molar refractivity (Wildman–Crippen MR) is 93.5 cm³/mol. The van der Waals surface area contributed by atoms with Crippen LogP contribution in [-0.4, -0.2) is 20.2 Å². The summed E-state index contributed by atoms with van der Waals surface area (Å²) in [4.78, 5) is 0.318. The Morgan fingerprint density at radius 2 is 1.65 bits per heavy atom. The molecule has 122 valence electrons. The standard InChI is InChI=1S/C18H20ClNO2S/c1-2-12-3-5-13(6-4-12)17-16(11-20)18(17)23(21,22)15-9-7-14(19)8-10-15/h3-10,16-18H,2,11,20H2,1H3/t16-,17-,18+/m1/s1. The van der Waals surface area contributed by atoms with Gasteiger partial charge in [0, 0.05) is 10.9 Å². The zero-order chi connectivity index (χ0) is 16.6. The fourth-order valence-corrected chi connectivity index (χ4v) is 5.59. The summed E-state index contributed by atoms with van der Waals surface area (Å²) in [6, 6.07) is 14.5. The molecule has 0 radical (unpaired) electrons. The average Bonchev–Trinajstić information content (AvgIpc) is 3.31. The maximum atomic E-state index is 12.9. The van der Waals surface area contributed by atoms with E-state index in [9.17, 15) is 8.42 Å². The molecule has 0 amide bonds. The van der Waals surface area contributed by atoms with E-state index in [4.69, 9.17) is 17.3 Å². The number of hydrogen-bond donors (Lipinski definition) is 1. The van der Waals surface area contributed by atoms with Crippen molar-refractivity contribution in [1.82, 2.24) is 0 Å². The first-order chi connectivity index (χ1) is 11.0. The third-order valence-corrected chi connectivity index (χ3v) is 7.18. The second-order valence-corrected chi connectivity index (χ2v) is 8.53. The number of hydrogen-bond acceptors (Lipinski definition) is 3. The van der Waals surface area contributed by atoms with E-state index >= 15 is 0 Å². The van der Waals surface area contributed by atoms with E-state index in [0.717, 1.165) is 12.0 Å². The molecule has 1 aliphatic rings. The normalized spacial score (nSPS) is 23.7. The molecule has 1 fully saturated rings. The molecule has 0 unspecified atom stereocenters. The van der Waals surface area contributed by atoms with Crippen LogP contribution >= 0.6 is 11.6 Å². The second-order valence-electron chi connectivity index (χ2n) is 5.98. The summed E-state index contributed by atoms with van der Waals surface area (Å²) in [7, 11) is -3.40. The van der Waals surface area contributed by atoms with Gasteiger partial charge in [-0.15, -0.1) is 0 Å². The van der Waals surface area contributed by atoms with Crippen molar-refractivity contribution in [1.29, 1.82) is 0 Å². The van der Waals surface area contributed by atoms with Crippen LogP contribution < -0.4 is 5.73 Å². The Labute approximate surface area is 142 Å². The zero-order valence-electron chi connectivity index (χ0n) is 12.9. The van der Waals surface area contributed by atoms with Crippen LogP contribution in [0.1, 0.15) is 24.0 Å². The van der Waals surface area contributed by atoms with Crippen LogP contribution in [0, 0.1) is 5.92 Å². The highest BCUT2D eigenvalue weighted by Gasteiger charge is 2.57. The van der Waals surface area contributed by atoms with Gasteiger partial charge in [0.05, 0.1) is 10.1 Å². The highest BCUT2D eigenvalue weighted by molar-refractivity contribution is 7.92. The van der Waals surface area contributed by atoms with Crippen LogP contribution in [-0.2, 0) is 16.3 Å². The summed E-state index contributed by atoms with van der Waals surface area (Å²) >= 11 is 5.85. The zero-order valence-corrected chi connectivity index (χ0v) is 14.5. The Kier molecular flexibility index (Phi) is 4.50. The van der Waals surface area contributed by atoms with Crippen LogP contribution in [0.25, 0.3) is 0 Å². The predicted octanol–water partition coefficient (Wildman–Crippen LogP) is 3.42. The number of benzene rings is 2. The molecule has 0 bridgehead atoms. The second kappa shape index (κ2) is 6.27. The summed E-state index contributed by atoms with van der Waals surface area (Å²) in [5, 5.41) is 0.0861. The molecule has 3 nitrogen and oxygen atoms in total. The lowest BCUT2D eigenvalue weighted by Crippen LogP contribution is -2.13. The molecule has 0 heterocycles. The molecule has 23 heavy (non-hydrogen) atoms.